The van der Waals surface area contributed by atoms with Crippen molar-refractivity contribution in [1.29, 1.82) is 0 Å². The van der Waals surface area contributed by atoms with Crippen molar-refractivity contribution in [3.63, 3.8) is 0 Å². The Bertz CT molecular complexity index is 190. The third-order valence-electron chi connectivity index (χ3n) is 2.98. The highest BCUT2D eigenvalue weighted by Crippen LogP contribution is 2.27. The van der Waals surface area contributed by atoms with Gasteiger partial charge in [-0.2, -0.15) is 0 Å². The maximum absolute atomic E-state index is 11.1. The van der Waals surface area contributed by atoms with Crippen LogP contribution in [0.25, 0.3) is 0 Å². The van der Waals surface area contributed by atoms with Crippen molar-refractivity contribution in [1.82, 2.24) is 4.90 Å². The molecule has 0 N–H and O–H groups in total. The molecule has 1 rings (SSSR count). The summed E-state index contributed by atoms with van der Waals surface area (Å²) in [4.78, 5) is 13.4. The van der Waals surface area contributed by atoms with E-state index in [4.69, 9.17) is 9.47 Å². The van der Waals surface area contributed by atoms with Gasteiger partial charge < -0.3 is 19.2 Å². The Morgan fingerprint density at radius 3 is 2.87 bits per heavy atom. The predicted molar refractivity (Wildman–Crippen MR) is 57.9 cm³/mol. The number of ether oxygens (including phenoxy) is 2. The molecule has 15 heavy (non-hydrogen) atoms. The number of hydrogen-bond acceptors (Lipinski definition) is 4. The van der Waals surface area contributed by atoms with Gasteiger partial charge in [0.15, 0.2) is 0 Å². The molecule has 1 unspecified atom stereocenters. The molecule has 0 aromatic rings. The monoisotopic (exact) mass is 215 g/mol. The van der Waals surface area contributed by atoms with E-state index < -0.39 is 0 Å². The first kappa shape index (κ1) is 12.6. The van der Waals surface area contributed by atoms with Gasteiger partial charge in [-0.3, -0.25) is 0 Å². The first-order chi connectivity index (χ1) is 7.26. The fraction of sp³-hybridized carbons (Fsp3) is 0.909. The highest BCUT2D eigenvalue weighted by atomic mass is 16.5. The van der Waals surface area contributed by atoms with E-state index in [1.807, 2.05) is 0 Å². The Morgan fingerprint density at radius 1 is 1.60 bits per heavy atom. The number of carbonyl (C=O) groups is 1. The standard InChI is InChI=1S/C11H21NO3/c1-3-12(5-7-14-2)8-11(9-13)4-6-15-10-11/h9H,3-8,10H2,1-2H3. The van der Waals surface area contributed by atoms with Crippen LogP contribution in [-0.2, 0) is 14.3 Å². The van der Waals surface area contributed by atoms with Gasteiger partial charge in [0, 0.05) is 26.8 Å². The summed E-state index contributed by atoms with van der Waals surface area (Å²) in [6, 6.07) is 0. The molecule has 0 saturated carbocycles. The van der Waals surface area contributed by atoms with Crippen LogP contribution in [0, 0.1) is 5.41 Å². The van der Waals surface area contributed by atoms with Crippen molar-refractivity contribution < 1.29 is 14.3 Å². The van der Waals surface area contributed by atoms with E-state index in [1.165, 1.54) is 0 Å². The minimum absolute atomic E-state index is 0.274. The van der Waals surface area contributed by atoms with Gasteiger partial charge in [-0.15, -0.1) is 0 Å². The molecule has 0 bridgehead atoms. The summed E-state index contributed by atoms with van der Waals surface area (Å²) in [6.07, 6.45) is 1.91. The molecule has 1 saturated heterocycles. The number of aldehydes is 1. The average Bonchev–Trinajstić information content (AvgIpc) is 2.73. The Kier molecular flexibility index (Phi) is 5.22. The molecular weight excluding hydrogens is 194 g/mol. The molecule has 1 heterocycles. The molecule has 0 aromatic heterocycles. The molecule has 0 aliphatic carbocycles. The molecule has 0 amide bonds. The molecule has 88 valence electrons. The minimum Gasteiger partial charge on any atom is -0.383 e. The summed E-state index contributed by atoms with van der Waals surface area (Å²) >= 11 is 0. The van der Waals surface area contributed by atoms with E-state index in [0.29, 0.717) is 19.8 Å². The van der Waals surface area contributed by atoms with E-state index in [2.05, 4.69) is 11.8 Å². The van der Waals surface area contributed by atoms with Crippen molar-refractivity contribution in [2.45, 2.75) is 13.3 Å². The van der Waals surface area contributed by atoms with Gasteiger partial charge in [0.1, 0.15) is 6.29 Å². The zero-order valence-electron chi connectivity index (χ0n) is 9.70. The number of likely N-dealkylation sites (N-methyl/N-ethyl adjacent to an activating group) is 1. The van der Waals surface area contributed by atoms with Crippen molar-refractivity contribution >= 4 is 6.29 Å². The number of rotatable bonds is 7. The van der Waals surface area contributed by atoms with Gasteiger partial charge in [-0.05, 0) is 13.0 Å². The zero-order chi connectivity index (χ0) is 11.1. The first-order valence-corrected chi connectivity index (χ1v) is 5.52. The smallest absolute Gasteiger partial charge is 0.129 e. The van der Waals surface area contributed by atoms with E-state index >= 15 is 0 Å². The summed E-state index contributed by atoms with van der Waals surface area (Å²) in [5.41, 5.74) is -0.274. The predicted octanol–water partition coefficient (Wildman–Crippen LogP) is 0.560. The highest BCUT2D eigenvalue weighted by Gasteiger charge is 2.36. The number of carbonyl (C=O) groups excluding carboxylic acids is 1. The lowest BCUT2D eigenvalue weighted by Gasteiger charge is -2.29. The number of hydrogen-bond donors (Lipinski definition) is 0. The van der Waals surface area contributed by atoms with Crippen LogP contribution in [-0.4, -0.2) is 57.8 Å². The van der Waals surface area contributed by atoms with Crippen LogP contribution in [0.3, 0.4) is 0 Å². The van der Waals surface area contributed by atoms with E-state index in [9.17, 15) is 4.79 Å². The second-order valence-electron chi connectivity index (χ2n) is 4.14. The molecule has 1 fully saturated rings. The normalized spacial score (nSPS) is 26.1. The van der Waals surface area contributed by atoms with Gasteiger partial charge in [-0.1, -0.05) is 6.92 Å². The van der Waals surface area contributed by atoms with Crippen LogP contribution in [0.1, 0.15) is 13.3 Å². The van der Waals surface area contributed by atoms with Gasteiger partial charge in [0.2, 0.25) is 0 Å². The molecule has 1 aliphatic heterocycles. The second kappa shape index (κ2) is 6.20. The maximum Gasteiger partial charge on any atom is 0.129 e. The lowest BCUT2D eigenvalue weighted by molar-refractivity contribution is -0.117. The van der Waals surface area contributed by atoms with Gasteiger partial charge in [0.05, 0.1) is 18.6 Å². The Balaban J connectivity index is 2.44. The molecule has 0 aromatic carbocycles. The second-order valence-corrected chi connectivity index (χ2v) is 4.14. The third-order valence-corrected chi connectivity index (χ3v) is 2.98. The first-order valence-electron chi connectivity index (χ1n) is 5.52. The maximum atomic E-state index is 11.1. The number of methoxy groups -OCH3 is 1. The fourth-order valence-electron chi connectivity index (χ4n) is 1.89. The summed E-state index contributed by atoms with van der Waals surface area (Å²) in [5, 5.41) is 0. The van der Waals surface area contributed by atoms with Gasteiger partial charge in [-0.25, -0.2) is 0 Å². The molecule has 4 nitrogen and oxygen atoms in total. The summed E-state index contributed by atoms with van der Waals surface area (Å²) in [6.45, 7) is 6.70. The van der Waals surface area contributed by atoms with Crippen LogP contribution in [0.2, 0.25) is 0 Å². The van der Waals surface area contributed by atoms with E-state index in [0.717, 1.165) is 32.3 Å². The summed E-state index contributed by atoms with van der Waals surface area (Å²) < 4.78 is 10.4. The van der Waals surface area contributed by atoms with E-state index in [1.54, 1.807) is 7.11 Å². The number of nitrogens with zero attached hydrogens (tertiary/aromatic N) is 1. The average molecular weight is 215 g/mol. The topological polar surface area (TPSA) is 38.8 Å². The Morgan fingerprint density at radius 2 is 2.40 bits per heavy atom. The molecule has 4 heteroatoms. The van der Waals surface area contributed by atoms with Crippen LogP contribution < -0.4 is 0 Å². The molecule has 1 aliphatic rings. The molecular formula is C11H21NO3. The van der Waals surface area contributed by atoms with E-state index in [-0.39, 0.29) is 5.41 Å². The Hall–Kier alpha value is -0.450. The quantitative estimate of drug-likeness (QED) is 0.582. The van der Waals surface area contributed by atoms with Crippen molar-refractivity contribution in [3.8, 4) is 0 Å². The van der Waals surface area contributed by atoms with Gasteiger partial charge >= 0.3 is 0 Å². The minimum atomic E-state index is -0.274. The zero-order valence-corrected chi connectivity index (χ0v) is 9.70. The summed E-state index contributed by atoms with van der Waals surface area (Å²) in [7, 11) is 1.70. The van der Waals surface area contributed by atoms with Crippen LogP contribution >= 0.6 is 0 Å². The molecule has 0 spiro atoms. The molecule has 0 radical (unpaired) electrons. The highest BCUT2D eigenvalue weighted by molar-refractivity contribution is 5.60. The van der Waals surface area contributed by atoms with Crippen molar-refractivity contribution in [2.75, 3.05) is 46.6 Å². The lowest BCUT2D eigenvalue weighted by atomic mass is 9.88. The lowest BCUT2D eigenvalue weighted by Crippen LogP contribution is -2.40. The van der Waals surface area contributed by atoms with Gasteiger partial charge in [0.25, 0.3) is 0 Å². The van der Waals surface area contributed by atoms with Crippen LogP contribution in [0.5, 0.6) is 0 Å². The SMILES string of the molecule is CCN(CCOC)CC1(C=O)CCOC1. The van der Waals surface area contributed by atoms with Crippen LogP contribution in [0.4, 0.5) is 0 Å². The van der Waals surface area contributed by atoms with Crippen LogP contribution in [0.15, 0.2) is 0 Å². The van der Waals surface area contributed by atoms with Crippen molar-refractivity contribution in [2.24, 2.45) is 5.41 Å². The largest absolute Gasteiger partial charge is 0.383 e. The fourth-order valence-corrected chi connectivity index (χ4v) is 1.89. The Labute approximate surface area is 91.5 Å². The summed E-state index contributed by atoms with van der Waals surface area (Å²) in [5.74, 6) is 0. The molecule has 1 atom stereocenters. The third kappa shape index (κ3) is 3.55. The van der Waals surface area contributed by atoms with Crippen molar-refractivity contribution in [3.05, 3.63) is 0 Å².